The highest BCUT2D eigenvalue weighted by Gasteiger charge is 1.99. The van der Waals surface area contributed by atoms with E-state index in [1.54, 1.807) is 6.07 Å². The van der Waals surface area contributed by atoms with Crippen molar-refractivity contribution in [2.75, 3.05) is 0 Å². The number of rotatable bonds is 6. The minimum atomic E-state index is 0. The third kappa shape index (κ3) is 5.76. The Hall–Kier alpha value is -1.02. The van der Waals surface area contributed by atoms with Crippen molar-refractivity contribution in [3.8, 4) is 5.75 Å². The van der Waals surface area contributed by atoms with Gasteiger partial charge in [-0.2, -0.15) is 0 Å². The summed E-state index contributed by atoms with van der Waals surface area (Å²) >= 11 is 0. The van der Waals surface area contributed by atoms with Crippen molar-refractivity contribution in [1.29, 1.82) is 0 Å². The molecule has 1 aromatic rings. The summed E-state index contributed by atoms with van der Waals surface area (Å²) in [6.07, 6.45) is 6.09. The molecule has 0 aromatic heterocycles. The number of para-hydroxylation sites is 1. The molecule has 0 fully saturated rings. The van der Waals surface area contributed by atoms with Crippen molar-refractivity contribution < 1.29 is 10.6 Å². The van der Waals surface area contributed by atoms with Gasteiger partial charge in [-0.3, -0.25) is 0 Å². The zero-order chi connectivity index (χ0) is 11.1. The van der Waals surface area contributed by atoms with Gasteiger partial charge in [-0.05, 0) is 30.4 Å². The van der Waals surface area contributed by atoms with Crippen LogP contribution in [0.25, 0.3) is 0 Å². The predicted octanol–water partition coefficient (Wildman–Crippen LogP) is 3.33. The Morgan fingerprint density at radius 1 is 1.06 bits per heavy atom. The molecular formula is C14H24O2. The Balaban J connectivity index is 0.00000225. The lowest BCUT2D eigenvalue weighted by molar-refractivity contribution is 0.465. The molecule has 0 heterocycles. The molecule has 0 saturated heterocycles. The van der Waals surface area contributed by atoms with E-state index in [1.807, 2.05) is 18.2 Å². The Morgan fingerprint density at radius 3 is 2.38 bits per heavy atom. The molecule has 0 bridgehead atoms. The average molecular weight is 224 g/mol. The predicted molar refractivity (Wildman–Crippen MR) is 68.7 cm³/mol. The van der Waals surface area contributed by atoms with Crippen molar-refractivity contribution in [2.45, 2.75) is 46.0 Å². The van der Waals surface area contributed by atoms with Crippen LogP contribution in [0.15, 0.2) is 24.3 Å². The first-order valence-corrected chi connectivity index (χ1v) is 5.97. The quantitative estimate of drug-likeness (QED) is 0.740. The van der Waals surface area contributed by atoms with Crippen LogP contribution in [0, 0.1) is 5.92 Å². The van der Waals surface area contributed by atoms with Crippen LogP contribution < -0.4 is 0 Å². The number of aromatic hydroxyl groups is 1. The molecule has 2 heteroatoms. The number of phenolic OH excluding ortho intramolecular Hbond substituents is 1. The van der Waals surface area contributed by atoms with Gasteiger partial charge < -0.3 is 10.6 Å². The number of hydrogen-bond donors (Lipinski definition) is 1. The molecule has 0 aliphatic carbocycles. The first kappa shape index (κ1) is 15.0. The van der Waals surface area contributed by atoms with Crippen molar-refractivity contribution >= 4 is 0 Å². The van der Waals surface area contributed by atoms with Crippen LogP contribution in [0.3, 0.4) is 0 Å². The van der Waals surface area contributed by atoms with E-state index < -0.39 is 0 Å². The van der Waals surface area contributed by atoms with Crippen molar-refractivity contribution in [3.05, 3.63) is 29.8 Å². The molecule has 3 N–H and O–H groups in total. The van der Waals surface area contributed by atoms with Crippen LogP contribution in [-0.2, 0) is 6.42 Å². The van der Waals surface area contributed by atoms with Gasteiger partial charge in [0.15, 0.2) is 0 Å². The summed E-state index contributed by atoms with van der Waals surface area (Å²) in [5, 5.41) is 9.56. The lowest BCUT2D eigenvalue weighted by Gasteiger charge is -2.05. The second-order valence-corrected chi connectivity index (χ2v) is 4.62. The molecule has 1 aromatic carbocycles. The van der Waals surface area contributed by atoms with E-state index in [0.29, 0.717) is 5.75 Å². The van der Waals surface area contributed by atoms with E-state index in [4.69, 9.17) is 0 Å². The molecule has 0 amide bonds. The molecule has 0 radical (unpaired) electrons. The van der Waals surface area contributed by atoms with Gasteiger partial charge in [-0.1, -0.05) is 51.3 Å². The van der Waals surface area contributed by atoms with E-state index in [0.717, 1.165) is 17.9 Å². The van der Waals surface area contributed by atoms with Crippen LogP contribution in [0.2, 0.25) is 0 Å². The highest BCUT2D eigenvalue weighted by molar-refractivity contribution is 5.31. The smallest absolute Gasteiger partial charge is 0.118 e. The van der Waals surface area contributed by atoms with E-state index in [2.05, 4.69) is 13.8 Å². The van der Waals surface area contributed by atoms with E-state index in [1.165, 1.54) is 25.7 Å². The average Bonchev–Trinajstić information content (AvgIpc) is 2.20. The maximum Gasteiger partial charge on any atom is 0.118 e. The topological polar surface area (TPSA) is 51.7 Å². The molecule has 0 spiro atoms. The van der Waals surface area contributed by atoms with Gasteiger partial charge in [0.05, 0.1) is 0 Å². The van der Waals surface area contributed by atoms with Gasteiger partial charge in [0.2, 0.25) is 0 Å². The minimum Gasteiger partial charge on any atom is -0.508 e. The molecule has 0 saturated carbocycles. The van der Waals surface area contributed by atoms with E-state index in [-0.39, 0.29) is 5.48 Å². The number of aryl methyl sites for hydroxylation is 1. The monoisotopic (exact) mass is 224 g/mol. The molecule has 16 heavy (non-hydrogen) atoms. The van der Waals surface area contributed by atoms with E-state index in [9.17, 15) is 5.11 Å². The normalized spacial score (nSPS) is 10.2. The molecule has 1 rings (SSSR count). The van der Waals surface area contributed by atoms with Crippen LogP contribution >= 0.6 is 0 Å². The lowest BCUT2D eigenvalue weighted by atomic mass is 10.0. The van der Waals surface area contributed by atoms with Gasteiger partial charge in [0.25, 0.3) is 0 Å². The fourth-order valence-corrected chi connectivity index (χ4v) is 1.77. The second kappa shape index (κ2) is 8.17. The fourth-order valence-electron chi connectivity index (χ4n) is 1.77. The van der Waals surface area contributed by atoms with Gasteiger partial charge in [0, 0.05) is 0 Å². The highest BCUT2D eigenvalue weighted by atomic mass is 16.3. The molecule has 2 nitrogen and oxygen atoms in total. The summed E-state index contributed by atoms with van der Waals surface area (Å²) in [5.74, 6) is 1.26. The molecular weight excluding hydrogens is 200 g/mol. The lowest BCUT2D eigenvalue weighted by Crippen LogP contribution is -1.89. The molecule has 0 aliphatic heterocycles. The minimum absolute atomic E-state index is 0. The number of unbranched alkanes of at least 4 members (excludes halogenated alkanes) is 2. The summed E-state index contributed by atoms with van der Waals surface area (Å²) in [5.41, 5.74) is 1.09. The van der Waals surface area contributed by atoms with Crippen LogP contribution in [0.1, 0.15) is 45.1 Å². The zero-order valence-corrected chi connectivity index (χ0v) is 10.4. The van der Waals surface area contributed by atoms with Crippen LogP contribution in [0.4, 0.5) is 0 Å². The zero-order valence-electron chi connectivity index (χ0n) is 10.4. The van der Waals surface area contributed by atoms with Crippen molar-refractivity contribution in [2.24, 2.45) is 5.92 Å². The summed E-state index contributed by atoms with van der Waals surface area (Å²) in [6.45, 7) is 4.53. The highest BCUT2D eigenvalue weighted by Crippen LogP contribution is 2.18. The first-order chi connectivity index (χ1) is 7.20. The first-order valence-electron chi connectivity index (χ1n) is 5.97. The van der Waals surface area contributed by atoms with Crippen LogP contribution in [-0.4, -0.2) is 10.6 Å². The summed E-state index contributed by atoms with van der Waals surface area (Å²) in [4.78, 5) is 0. The van der Waals surface area contributed by atoms with Gasteiger partial charge in [-0.15, -0.1) is 0 Å². The van der Waals surface area contributed by atoms with Gasteiger partial charge in [0.1, 0.15) is 5.75 Å². The Labute approximate surface area is 98.6 Å². The van der Waals surface area contributed by atoms with Crippen molar-refractivity contribution in [1.82, 2.24) is 0 Å². The van der Waals surface area contributed by atoms with Crippen molar-refractivity contribution in [3.63, 3.8) is 0 Å². The van der Waals surface area contributed by atoms with Crippen LogP contribution in [0.5, 0.6) is 5.75 Å². The largest absolute Gasteiger partial charge is 0.508 e. The summed E-state index contributed by atoms with van der Waals surface area (Å²) in [6, 6.07) is 7.64. The molecule has 0 aliphatic rings. The summed E-state index contributed by atoms with van der Waals surface area (Å²) < 4.78 is 0. The summed E-state index contributed by atoms with van der Waals surface area (Å²) in [7, 11) is 0. The Morgan fingerprint density at radius 2 is 1.75 bits per heavy atom. The SMILES string of the molecule is CC(C)CCCCCc1ccccc1O.O. The standard InChI is InChI=1S/C14H22O.H2O/c1-12(2)8-4-3-5-9-13-10-6-7-11-14(13)15;/h6-7,10-12,15H,3-5,8-9H2,1-2H3;1H2. The van der Waals surface area contributed by atoms with E-state index >= 15 is 0 Å². The molecule has 0 atom stereocenters. The molecule has 0 unspecified atom stereocenters. The maximum absolute atomic E-state index is 9.56. The second-order valence-electron chi connectivity index (χ2n) is 4.62. The van der Waals surface area contributed by atoms with Gasteiger partial charge in [-0.25, -0.2) is 0 Å². The third-order valence-electron chi connectivity index (χ3n) is 2.72. The number of hydrogen-bond acceptors (Lipinski definition) is 1. The fraction of sp³-hybridized carbons (Fsp3) is 0.571. The Kier molecular flexibility index (Phi) is 7.65. The Bertz CT molecular complexity index is 282. The number of phenols is 1. The third-order valence-corrected chi connectivity index (χ3v) is 2.72. The maximum atomic E-state index is 9.56. The number of benzene rings is 1. The molecule has 92 valence electrons. The van der Waals surface area contributed by atoms with Gasteiger partial charge >= 0.3 is 0 Å².